The van der Waals surface area contributed by atoms with Crippen molar-refractivity contribution in [3.63, 3.8) is 0 Å². The summed E-state index contributed by atoms with van der Waals surface area (Å²) in [7, 11) is 0. The molecule has 33 heavy (non-hydrogen) atoms. The summed E-state index contributed by atoms with van der Waals surface area (Å²) in [4.78, 5) is 2.60. The maximum Gasteiger partial charge on any atom is 0.0841 e. The van der Waals surface area contributed by atoms with Crippen LogP contribution >= 0.6 is 11.6 Å². The average molecular weight is 462 g/mol. The summed E-state index contributed by atoms with van der Waals surface area (Å²) in [6, 6.07) is 8.47. The molecule has 0 aromatic heterocycles. The van der Waals surface area contributed by atoms with Gasteiger partial charge in [-0.2, -0.15) is 5.10 Å². The molecule has 0 spiro atoms. The van der Waals surface area contributed by atoms with Gasteiger partial charge < -0.3 is 4.90 Å². The van der Waals surface area contributed by atoms with E-state index in [2.05, 4.69) is 90.6 Å². The summed E-state index contributed by atoms with van der Waals surface area (Å²) in [5.74, 6) is 0.962. The van der Waals surface area contributed by atoms with Crippen molar-refractivity contribution in [2.24, 2.45) is 16.9 Å². The van der Waals surface area contributed by atoms with Gasteiger partial charge in [-0.25, -0.2) is 0 Å². The van der Waals surface area contributed by atoms with Crippen molar-refractivity contribution in [1.82, 2.24) is 9.91 Å². The molecule has 2 aliphatic heterocycles. The van der Waals surface area contributed by atoms with Gasteiger partial charge in [0, 0.05) is 17.5 Å². The van der Waals surface area contributed by atoms with Gasteiger partial charge in [-0.3, -0.25) is 5.01 Å². The molecule has 0 amide bonds. The number of hydrogen-bond donors (Lipinski definition) is 0. The van der Waals surface area contributed by atoms with Crippen LogP contribution in [0.15, 0.2) is 89.6 Å². The van der Waals surface area contributed by atoms with Crippen molar-refractivity contribution >= 4 is 17.3 Å². The van der Waals surface area contributed by atoms with E-state index in [0.29, 0.717) is 11.8 Å². The largest absolute Gasteiger partial charge is 0.303 e. The highest BCUT2D eigenvalue weighted by Crippen LogP contribution is 2.27. The molecular formula is C29H36ClN3. The highest BCUT2D eigenvalue weighted by Gasteiger charge is 2.27. The van der Waals surface area contributed by atoms with Crippen molar-refractivity contribution in [2.45, 2.75) is 39.2 Å². The monoisotopic (exact) mass is 461 g/mol. The van der Waals surface area contributed by atoms with Crippen LogP contribution in [0.25, 0.3) is 0 Å². The van der Waals surface area contributed by atoms with E-state index in [0.717, 1.165) is 37.6 Å². The smallest absolute Gasteiger partial charge is 0.0841 e. The Hall–Kier alpha value is -2.36. The van der Waals surface area contributed by atoms with Crippen LogP contribution in [0.1, 0.15) is 32.3 Å². The second-order valence-corrected chi connectivity index (χ2v) is 9.73. The molecule has 0 radical (unpaired) electrons. The van der Waals surface area contributed by atoms with E-state index in [4.69, 9.17) is 16.7 Å². The molecule has 1 aromatic rings. The molecule has 4 rings (SSSR count). The number of hydrazone groups is 1. The van der Waals surface area contributed by atoms with E-state index in [1.165, 1.54) is 29.7 Å². The zero-order chi connectivity index (χ0) is 23.0. The number of allylic oxidation sites excluding steroid dienone is 7. The van der Waals surface area contributed by atoms with Crippen LogP contribution in [0.3, 0.4) is 0 Å². The maximum absolute atomic E-state index is 6.02. The van der Waals surface area contributed by atoms with Crippen LogP contribution in [-0.2, 0) is 6.42 Å². The van der Waals surface area contributed by atoms with Crippen molar-refractivity contribution in [3.8, 4) is 0 Å². The lowest BCUT2D eigenvalue weighted by Gasteiger charge is -2.36. The Morgan fingerprint density at radius 2 is 1.76 bits per heavy atom. The lowest BCUT2D eigenvalue weighted by Crippen LogP contribution is -2.40. The number of hydrogen-bond acceptors (Lipinski definition) is 3. The van der Waals surface area contributed by atoms with Gasteiger partial charge in [0.2, 0.25) is 0 Å². The van der Waals surface area contributed by atoms with Crippen LogP contribution in [-0.4, -0.2) is 47.8 Å². The Balaban J connectivity index is 1.41. The summed E-state index contributed by atoms with van der Waals surface area (Å²) in [6.45, 7) is 8.67. The average Bonchev–Trinajstić information content (AvgIpc) is 3.14. The molecular weight excluding hydrogens is 426 g/mol. The molecule has 1 aromatic carbocycles. The molecule has 0 bridgehead atoms. The second kappa shape index (κ2) is 11.7. The lowest BCUT2D eigenvalue weighted by atomic mass is 9.87. The predicted molar refractivity (Wildman–Crippen MR) is 142 cm³/mol. The number of likely N-dealkylation sites (tertiary alicyclic amines) is 1. The van der Waals surface area contributed by atoms with Crippen molar-refractivity contribution in [1.29, 1.82) is 0 Å². The summed E-state index contributed by atoms with van der Waals surface area (Å²) in [6.07, 6.45) is 23.2. The van der Waals surface area contributed by atoms with Gasteiger partial charge in [-0.15, -0.1) is 0 Å². The number of rotatable bonds is 7. The molecule has 0 N–H and O–H groups in total. The minimum Gasteiger partial charge on any atom is -0.303 e. The van der Waals surface area contributed by atoms with Crippen LogP contribution in [0.5, 0.6) is 0 Å². The molecule has 0 saturated carbocycles. The molecule has 3 nitrogen and oxygen atoms in total. The molecule has 1 saturated heterocycles. The van der Waals surface area contributed by atoms with Crippen molar-refractivity contribution < 1.29 is 0 Å². The summed E-state index contributed by atoms with van der Waals surface area (Å²) in [5.41, 5.74) is 4.09. The minimum atomic E-state index is 0.205. The highest BCUT2D eigenvalue weighted by molar-refractivity contribution is 6.30. The highest BCUT2D eigenvalue weighted by atomic mass is 35.5. The summed E-state index contributed by atoms with van der Waals surface area (Å²) >= 11 is 6.02. The predicted octanol–water partition coefficient (Wildman–Crippen LogP) is 6.46. The number of halogens is 1. The Kier molecular flexibility index (Phi) is 8.41. The van der Waals surface area contributed by atoms with Gasteiger partial charge in [0.1, 0.15) is 0 Å². The van der Waals surface area contributed by atoms with E-state index in [1.54, 1.807) is 0 Å². The number of piperidine rings is 1. The topological polar surface area (TPSA) is 18.8 Å². The fourth-order valence-electron chi connectivity index (χ4n) is 4.83. The van der Waals surface area contributed by atoms with Crippen LogP contribution in [0, 0.1) is 11.8 Å². The first-order valence-corrected chi connectivity index (χ1v) is 12.7. The molecule has 1 atom stereocenters. The molecule has 3 aliphatic rings. The third kappa shape index (κ3) is 6.59. The molecule has 1 unspecified atom stereocenters. The van der Waals surface area contributed by atoms with Gasteiger partial charge in [0.05, 0.1) is 18.3 Å². The van der Waals surface area contributed by atoms with E-state index >= 15 is 0 Å². The summed E-state index contributed by atoms with van der Waals surface area (Å²) < 4.78 is 0. The lowest BCUT2D eigenvalue weighted by molar-refractivity contribution is 0.208. The zero-order valence-corrected chi connectivity index (χ0v) is 20.7. The van der Waals surface area contributed by atoms with Gasteiger partial charge >= 0.3 is 0 Å². The van der Waals surface area contributed by atoms with Crippen molar-refractivity contribution in [2.75, 3.05) is 26.2 Å². The van der Waals surface area contributed by atoms with Gasteiger partial charge in [0.25, 0.3) is 0 Å². The number of benzene rings is 1. The van der Waals surface area contributed by atoms with E-state index in [9.17, 15) is 0 Å². The zero-order valence-electron chi connectivity index (χ0n) is 19.9. The molecule has 174 valence electrons. The van der Waals surface area contributed by atoms with Gasteiger partial charge in [-0.1, -0.05) is 79.3 Å². The van der Waals surface area contributed by atoms with E-state index in [1.807, 2.05) is 12.1 Å². The first-order chi connectivity index (χ1) is 16.1. The van der Waals surface area contributed by atoms with E-state index in [-0.39, 0.29) is 6.04 Å². The molecule has 1 aliphatic carbocycles. The Bertz CT molecular complexity index is 943. The SMILES string of the molecule is C/C=C\C(C)C1=CC(C2CCN(CCc3ccc(Cl)cc3)CC2)=NN(C2C=CC=CC=C2)C1. The van der Waals surface area contributed by atoms with Gasteiger partial charge in [-0.05, 0) is 74.5 Å². The van der Waals surface area contributed by atoms with Gasteiger partial charge in [0.15, 0.2) is 0 Å². The normalized spacial score (nSPS) is 21.4. The number of nitrogens with zero attached hydrogens (tertiary/aromatic N) is 3. The van der Waals surface area contributed by atoms with E-state index < -0.39 is 0 Å². The molecule has 2 heterocycles. The van der Waals surface area contributed by atoms with Crippen LogP contribution in [0.2, 0.25) is 5.02 Å². The molecule has 1 fully saturated rings. The third-order valence-corrected chi connectivity index (χ3v) is 7.17. The second-order valence-electron chi connectivity index (χ2n) is 9.29. The first-order valence-electron chi connectivity index (χ1n) is 12.3. The van der Waals surface area contributed by atoms with Crippen LogP contribution < -0.4 is 0 Å². The quantitative estimate of drug-likeness (QED) is 0.434. The third-order valence-electron chi connectivity index (χ3n) is 6.92. The first kappa shape index (κ1) is 23.8. The minimum absolute atomic E-state index is 0.205. The maximum atomic E-state index is 6.02. The Labute approximate surface area is 204 Å². The van der Waals surface area contributed by atoms with Crippen molar-refractivity contribution in [3.05, 3.63) is 95.1 Å². The summed E-state index contributed by atoms with van der Waals surface area (Å²) in [5, 5.41) is 8.26. The Morgan fingerprint density at radius 3 is 2.42 bits per heavy atom. The fourth-order valence-corrected chi connectivity index (χ4v) is 4.96. The van der Waals surface area contributed by atoms with Crippen LogP contribution in [0.4, 0.5) is 0 Å². The molecule has 4 heteroatoms. The fraction of sp³-hybridized carbons (Fsp3) is 0.414. The standard InChI is InChI=1S/C29H36ClN3/c1-3-8-23(2)26-21-29(31-33(22-26)28-9-6-4-5-7-10-28)25-16-19-32(20-17-25)18-15-24-11-13-27(30)14-12-24/h3-14,21,23,25,28H,15-20,22H2,1-2H3/b8-3-. The Morgan fingerprint density at radius 1 is 1.06 bits per heavy atom.